The molecule has 1 heterocycles. The van der Waals surface area contributed by atoms with E-state index < -0.39 is 0 Å². The maximum atomic E-state index is 13.3. The monoisotopic (exact) mass is 457 g/mol. The molecule has 1 aromatic heterocycles. The lowest BCUT2D eigenvalue weighted by molar-refractivity contribution is -0.582. The van der Waals surface area contributed by atoms with Gasteiger partial charge >= 0.3 is 0 Å². The second kappa shape index (κ2) is 7.83. The summed E-state index contributed by atoms with van der Waals surface area (Å²) in [5, 5.41) is 2.29. The molecule has 0 amide bonds. The number of methoxy groups -OCH3 is 1. The van der Waals surface area contributed by atoms with Crippen molar-refractivity contribution in [2.24, 2.45) is 0 Å². The lowest BCUT2D eigenvalue weighted by Crippen LogP contribution is -3.00. The van der Waals surface area contributed by atoms with Gasteiger partial charge in [0.05, 0.1) is 7.11 Å². The van der Waals surface area contributed by atoms with Gasteiger partial charge in [-0.05, 0) is 47.9 Å². The van der Waals surface area contributed by atoms with Crippen LogP contribution in [0, 0.1) is 5.82 Å². The van der Waals surface area contributed by atoms with Crippen molar-refractivity contribution in [1.82, 2.24) is 0 Å². The van der Waals surface area contributed by atoms with Gasteiger partial charge in [-0.1, -0.05) is 18.2 Å². The van der Waals surface area contributed by atoms with E-state index in [4.69, 9.17) is 4.74 Å². The van der Waals surface area contributed by atoms with E-state index in [1.54, 1.807) is 19.2 Å². The van der Waals surface area contributed by atoms with Crippen LogP contribution in [-0.2, 0) is 0 Å². The van der Waals surface area contributed by atoms with Crippen LogP contribution in [0.4, 0.5) is 4.39 Å². The molecule has 0 saturated heterocycles. The van der Waals surface area contributed by atoms with Crippen molar-refractivity contribution in [3.05, 3.63) is 90.9 Å². The molecule has 0 N–H and O–H groups in total. The Morgan fingerprint density at radius 3 is 2.12 bits per heavy atom. The van der Waals surface area contributed by atoms with Crippen molar-refractivity contribution in [2.75, 3.05) is 7.11 Å². The number of hydrogen-bond donors (Lipinski definition) is 0. The fraction of sp³-hybridized carbons (Fsp3) is 0.0455. The molecule has 0 unspecified atom stereocenters. The first kappa shape index (κ1) is 18.3. The number of rotatable bonds is 3. The van der Waals surface area contributed by atoms with Crippen LogP contribution >= 0.6 is 0 Å². The average Bonchev–Trinajstić information content (AvgIpc) is 2.68. The molecule has 0 saturated carbocycles. The maximum absolute atomic E-state index is 13.3. The van der Waals surface area contributed by atoms with Gasteiger partial charge in [0, 0.05) is 29.1 Å². The summed E-state index contributed by atoms with van der Waals surface area (Å²) in [6, 6.07) is 24.8. The Balaban J connectivity index is 0.00000196. The molecule has 26 heavy (non-hydrogen) atoms. The van der Waals surface area contributed by atoms with Crippen LogP contribution in [0.1, 0.15) is 0 Å². The first-order chi connectivity index (χ1) is 12.2. The highest BCUT2D eigenvalue weighted by Gasteiger charge is 2.17. The highest BCUT2D eigenvalue weighted by Crippen LogP contribution is 2.23. The van der Waals surface area contributed by atoms with Crippen LogP contribution in [0.15, 0.2) is 85.1 Å². The number of ether oxygens (including phenoxy) is 1. The third-order valence-electron chi connectivity index (χ3n) is 4.31. The number of nitrogens with zero attached hydrogens (tertiary/aromatic N) is 1. The van der Waals surface area contributed by atoms with E-state index in [0.29, 0.717) is 0 Å². The highest BCUT2D eigenvalue weighted by molar-refractivity contribution is 5.83. The molecule has 4 rings (SSSR count). The van der Waals surface area contributed by atoms with Crippen LogP contribution in [0.5, 0.6) is 5.75 Å². The minimum Gasteiger partial charge on any atom is -1.00 e. The van der Waals surface area contributed by atoms with Crippen LogP contribution in [-0.4, -0.2) is 7.11 Å². The molecule has 0 aliphatic heterocycles. The molecule has 130 valence electrons. The summed E-state index contributed by atoms with van der Waals surface area (Å²) in [4.78, 5) is 0. The second-order valence-electron chi connectivity index (χ2n) is 5.86. The largest absolute Gasteiger partial charge is 1.00 e. The molecule has 0 fully saturated rings. The third kappa shape index (κ3) is 3.55. The van der Waals surface area contributed by atoms with E-state index in [0.717, 1.165) is 33.5 Å². The van der Waals surface area contributed by atoms with E-state index in [1.807, 2.05) is 36.4 Å². The molecule has 2 nitrogen and oxygen atoms in total. The Morgan fingerprint density at radius 2 is 1.46 bits per heavy atom. The summed E-state index contributed by atoms with van der Waals surface area (Å²) in [6.07, 6.45) is 2.11. The quantitative estimate of drug-likeness (QED) is 0.339. The van der Waals surface area contributed by atoms with E-state index in [-0.39, 0.29) is 29.8 Å². The van der Waals surface area contributed by atoms with E-state index in [1.165, 1.54) is 12.1 Å². The Labute approximate surface area is 168 Å². The SMILES string of the molecule is COc1ccc(-[n+]2cc3ccccc3cc2-c2ccc(F)cc2)cc1.[I-]. The Hall–Kier alpha value is -2.47. The Bertz CT molecular complexity index is 1030. The molecule has 0 aliphatic carbocycles. The summed E-state index contributed by atoms with van der Waals surface area (Å²) < 4.78 is 20.7. The van der Waals surface area contributed by atoms with Crippen molar-refractivity contribution >= 4 is 10.8 Å². The first-order valence-electron chi connectivity index (χ1n) is 8.09. The molecule has 0 radical (unpaired) electrons. The van der Waals surface area contributed by atoms with Crippen LogP contribution in [0.25, 0.3) is 27.7 Å². The van der Waals surface area contributed by atoms with Gasteiger partial charge in [0.2, 0.25) is 11.4 Å². The molecule has 0 bridgehead atoms. The van der Waals surface area contributed by atoms with Crippen LogP contribution in [0.3, 0.4) is 0 Å². The van der Waals surface area contributed by atoms with Gasteiger partial charge in [-0.3, -0.25) is 0 Å². The normalized spacial score (nSPS) is 10.4. The van der Waals surface area contributed by atoms with E-state index in [9.17, 15) is 4.39 Å². The number of halogens is 2. The van der Waals surface area contributed by atoms with Gasteiger partial charge in [-0.15, -0.1) is 0 Å². The van der Waals surface area contributed by atoms with Gasteiger partial charge in [0.1, 0.15) is 11.6 Å². The molecule has 3 aromatic carbocycles. The number of fused-ring (bicyclic) bond motifs is 1. The fourth-order valence-corrected chi connectivity index (χ4v) is 2.98. The van der Waals surface area contributed by atoms with Crippen molar-refractivity contribution in [2.45, 2.75) is 0 Å². The standard InChI is InChI=1S/C22H17FNO.HI/c1-25-21-12-10-20(11-13-21)24-15-18-5-3-2-4-17(18)14-22(24)16-6-8-19(23)9-7-16;/h2-15H,1H3;1H/q+1;/p-1. The number of aromatic nitrogens is 1. The number of hydrogen-bond acceptors (Lipinski definition) is 1. The zero-order valence-electron chi connectivity index (χ0n) is 14.2. The zero-order chi connectivity index (χ0) is 17.2. The van der Waals surface area contributed by atoms with Gasteiger partial charge in [0.15, 0.2) is 6.20 Å². The third-order valence-corrected chi connectivity index (χ3v) is 4.31. The minimum absolute atomic E-state index is 0. The van der Waals surface area contributed by atoms with E-state index in [2.05, 4.69) is 29.0 Å². The summed E-state index contributed by atoms with van der Waals surface area (Å²) in [5.41, 5.74) is 2.98. The molecule has 0 atom stereocenters. The van der Waals surface area contributed by atoms with E-state index >= 15 is 0 Å². The molecular formula is C22H17FINO. The summed E-state index contributed by atoms with van der Waals surface area (Å²) >= 11 is 0. The second-order valence-corrected chi connectivity index (χ2v) is 5.86. The Morgan fingerprint density at radius 1 is 0.808 bits per heavy atom. The highest BCUT2D eigenvalue weighted by atomic mass is 127. The predicted octanol–water partition coefficient (Wildman–Crippen LogP) is 1.94. The molecule has 0 spiro atoms. The van der Waals surface area contributed by atoms with Crippen molar-refractivity contribution in [3.63, 3.8) is 0 Å². The topological polar surface area (TPSA) is 13.1 Å². The molecule has 4 heteroatoms. The lowest BCUT2D eigenvalue weighted by Gasteiger charge is -2.07. The van der Waals surface area contributed by atoms with Gasteiger partial charge in [-0.2, -0.15) is 4.57 Å². The Kier molecular flexibility index (Phi) is 5.52. The van der Waals surface area contributed by atoms with Crippen LogP contribution < -0.4 is 33.3 Å². The molecular weight excluding hydrogens is 440 g/mol. The van der Waals surface area contributed by atoms with Gasteiger partial charge in [0.25, 0.3) is 0 Å². The zero-order valence-corrected chi connectivity index (χ0v) is 16.4. The number of pyridine rings is 1. The summed E-state index contributed by atoms with van der Waals surface area (Å²) in [5.74, 6) is 0.578. The maximum Gasteiger partial charge on any atom is 0.219 e. The van der Waals surface area contributed by atoms with Gasteiger partial charge in [-0.25, -0.2) is 4.39 Å². The van der Waals surface area contributed by atoms with Gasteiger partial charge < -0.3 is 28.7 Å². The molecule has 4 aromatic rings. The average molecular weight is 457 g/mol. The van der Waals surface area contributed by atoms with Crippen molar-refractivity contribution in [3.8, 4) is 22.7 Å². The summed E-state index contributed by atoms with van der Waals surface area (Å²) in [6.45, 7) is 0. The first-order valence-corrected chi connectivity index (χ1v) is 8.09. The van der Waals surface area contributed by atoms with Crippen molar-refractivity contribution in [1.29, 1.82) is 0 Å². The molecule has 0 aliphatic rings. The minimum atomic E-state index is -0.236. The van der Waals surface area contributed by atoms with Crippen molar-refractivity contribution < 1.29 is 37.7 Å². The number of benzene rings is 3. The fourth-order valence-electron chi connectivity index (χ4n) is 2.98. The lowest BCUT2D eigenvalue weighted by atomic mass is 10.1. The predicted molar refractivity (Wildman–Crippen MR) is 97.4 cm³/mol. The van der Waals surface area contributed by atoms with Crippen LogP contribution in [0.2, 0.25) is 0 Å². The summed E-state index contributed by atoms with van der Waals surface area (Å²) in [7, 11) is 1.65. The smallest absolute Gasteiger partial charge is 0.219 e.